The van der Waals surface area contributed by atoms with E-state index in [0.29, 0.717) is 28.2 Å². The molecule has 0 saturated carbocycles. The Balaban J connectivity index is 1.49. The third-order valence-corrected chi connectivity index (χ3v) is 7.67. The van der Waals surface area contributed by atoms with Crippen molar-refractivity contribution in [3.8, 4) is 22.5 Å². The van der Waals surface area contributed by atoms with Gasteiger partial charge in [0.25, 0.3) is 0 Å². The first-order valence-corrected chi connectivity index (χ1v) is 14.1. The number of ether oxygens (including phenoxy) is 1. The van der Waals surface area contributed by atoms with Gasteiger partial charge in [-0.3, -0.25) is 4.79 Å². The number of thiophene rings is 1. The van der Waals surface area contributed by atoms with E-state index in [1.807, 2.05) is 47.2 Å². The SMILES string of the molecule is CCOC(=O)c1c(-c2ccccc2)csc1NC(=O)CSc1nnc(-c2ccc(C(C)C)cc2)n1CC. The molecular weight excluding hydrogens is 504 g/mol. The molecule has 0 aliphatic carbocycles. The van der Waals surface area contributed by atoms with E-state index in [-0.39, 0.29) is 18.3 Å². The second kappa shape index (κ2) is 12.2. The maximum atomic E-state index is 12.9. The predicted octanol–water partition coefficient (Wildman–Crippen LogP) is 6.72. The van der Waals surface area contributed by atoms with Gasteiger partial charge in [0.1, 0.15) is 10.6 Å². The van der Waals surface area contributed by atoms with Gasteiger partial charge in [-0.1, -0.05) is 80.2 Å². The van der Waals surface area contributed by atoms with Crippen molar-refractivity contribution in [3.63, 3.8) is 0 Å². The molecule has 0 fully saturated rings. The number of rotatable bonds is 10. The molecule has 0 saturated heterocycles. The van der Waals surface area contributed by atoms with Crippen LogP contribution in [0.3, 0.4) is 0 Å². The summed E-state index contributed by atoms with van der Waals surface area (Å²) in [6, 6.07) is 17.9. The Labute approximate surface area is 225 Å². The number of hydrogen-bond donors (Lipinski definition) is 1. The number of carbonyl (C=O) groups excluding carboxylic acids is 2. The summed E-state index contributed by atoms with van der Waals surface area (Å²) in [4.78, 5) is 25.7. The van der Waals surface area contributed by atoms with Gasteiger partial charge in [-0.05, 0) is 30.9 Å². The lowest BCUT2D eigenvalue weighted by Crippen LogP contribution is -2.16. The molecule has 0 atom stereocenters. The fraction of sp³-hybridized carbons (Fsp3) is 0.286. The average Bonchev–Trinajstić information content (AvgIpc) is 3.52. The summed E-state index contributed by atoms with van der Waals surface area (Å²) in [7, 11) is 0. The number of benzene rings is 2. The van der Waals surface area contributed by atoms with Crippen LogP contribution in [0.5, 0.6) is 0 Å². The molecule has 1 amide bonds. The zero-order chi connectivity index (χ0) is 26.4. The number of esters is 1. The minimum absolute atomic E-state index is 0.130. The monoisotopic (exact) mass is 534 g/mol. The molecule has 2 aromatic carbocycles. The van der Waals surface area contributed by atoms with Crippen LogP contribution in [0.2, 0.25) is 0 Å². The van der Waals surface area contributed by atoms with E-state index in [4.69, 9.17) is 4.74 Å². The van der Waals surface area contributed by atoms with E-state index in [1.54, 1.807) is 6.92 Å². The predicted molar refractivity (Wildman–Crippen MR) is 150 cm³/mol. The molecule has 2 heterocycles. The van der Waals surface area contributed by atoms with Crippen molar-refractivity contribution in [1.29, 1.82) is 0 Å². The second-order valence-electron chi connectivity index (χ2n) is 8.60. The number of hydrogen-bond acceptors (Lipinski definition) is 7. The fourth-order valence-corrected chi connectivity index (χ4v) is 5.67. The summed E-state index contributed by atoms with van der Waals surface area (Å²) in [6.45, 7) is 9.05. The normalized spacial score (nSPS) is 11.1. The molecule has 2 aromatic heterocycles. The van der Waals surface area contributed by atoms with Crippen LogP contribution in [0.4, 0.5) is 5.00 Å². The van der Waals surface area contributed by atoms with Gasteiger partial charge in [0.2, 0.25) is 5.91 Å². The number of anilines is 1. The lowest BCUT2D eigenvalue weighted by Gasteiger charge is -2.10. The minimum atomic E-state index is -0.454. The van der Waals surface area contributed by atoms with Crippen LogP contribution < -0.4 is 5.32 Å². The molecule has 1 N–H and O–H groups in total. The van der Waals surface area contributed by atoms with Gasteiger partial charge in [-0.25, -0.2) is 4.79 Å². The molecule has 0 aliphatic heterocycles. The van der Waals surface area contributed by atoms with Gasteiger partial charge in [0, 0.05) is 23.1 Å². The van der Waals surface area contributed by atoms with Crippen molar-refractivity contribution >= 4 is 40.0 Å². The largest absolute Gasteiger partial charge is 0.462 e. The number of aromatic nitrogens is 3. The molecule has 0 bridgehead atoms. The first kappa shape index (κ1) is 26.6. The van der Waals surface area contributed by atoms with Gasteiger partial charge in [-0.15, -0.1) is 21.5 Å². The fourth-order valence-electron chi connectivity index (χ4n) is 3.89. The number of carbonyl (C=O) groups is 2. The summed E-state index contributed by atoms with van der Waals surface area (Å²) in [6.07, 6.45) is 0. The Hall–Kier alpha value is -3.43. The van der Waals surface area contributed by atoms with Crippen LogP contribution in [0, 0.1) is 0 Å². The highest BCUT2D eigenvalue weighted by atomic mass is 32.2. The third kappa shape index (κ3) is 6.11. The van der Waals surface area contributed by atoms with Crippen LogP contribution >= 0.6 is 23.1 Å². The van der Waals surface area contributed by atoms with Crippen molar-refractivity contribution in [2.75, 3.05) is 17.7 Å². The number of nitrogens with one attached hydrogen (secondary N) is 1. The van der Waals surface area contributed by atoms with E-state index in [0.717, 1.165) is 22.5 Å². The summed E-state index contributed by atoms with van der Waals surface area (Å²) in [5.74, 6) is 0.677. The molecule has 0 radical (unpaired) electrons. The minimum Gasteiger partial charge on any atom is -0.462 e. The highest BCUT2D eigenvalue weighted by Crippen LogP contribution is 2.36. The molecule has 37 heavy (non-hydrogen) atoms. The third-order valence-electron chi connectivity index (χ3n) is 5.81. The van der Waals surface area contributed by atoms with Crippen LogP contribution in [-0.2, 0) is 16.1 Å². The lowest BCUT2D eigenvalue weighted by molar-refractivity contribution is -0.113. The Morgan fingerprint density at radius 3 is 2.41 bits per heavy atom. The van der Waals surface area contributed by atoms with Gasteiger partial charge in [-0.2, -0.15) is 0 Å². The molecular formula is C28H30N4O3S2. The molecule has 192 valence electrons. The smallest absolute Gasteiger partial charge is 0.341 e. The number of amides is 1. The van der Waals surface area contributed by atoms with E-state index in [1.165, 1.54) is 28.7 Å². The summed E-state index contributed by atoms with van der Waals surface area (Å²) < 4.78 is 7.29. The highest BCUT2D eigenvalue weighted by molar-refractivity contribution is 7.99. The molecule has 0 aliphatic rings. The van der Waals surface area contributed by atoms with Gasteiger partial charge in [0.15, 0.2) is 11.0 Å². The maximum absolute atomic E-state index is 12.9. The van der Waals surface area contributed by atoms with E-state index in [9.17, 15) is 9.59 Å². The molecule has 4 aromatic rings. The van der Waals surface area contributed by atoms with Gasteiger partial charge >= 0.3 is 5.97 Å². The van der Waals surface area contributed by atoms with E-state index < -0.39 is 5.97 Å². The van der Waals surface area contributed by atoms with Crippen molar-refractivity contribution in [3.05, 3.63) is 71.1 Å². The number of thioether (sulfide) groups is 1. The second-order valence-corrected chi connectivity index (χ2v) is 10.4. The average molecular weight is 535 g/mol. The summed E-state index contributed by atoms with van der Waals surface area (Å²) in [5, 5.41) is 14.6. The van der Waals surface area contributed by atoms with Gasteiger partial charge < -0.3 is 14.6 Å². The van der Waals surface area contributed by atoms with Crippen molar-refractivity contribution in [2.24, 2.45) is 0 Å². The lowest BCUT2D eigenvalue weighted by atomic mass is 10.0. The molecule has 9 heteroatoms. The molecule has 0 unspecified atom stereocenters. The highest BCUT2D eigenvalue weighted by Gasteiger charge is 2.23. The number of nitrogens with zero attached hydrogens (tertiary/aromatic N) is 3. The standard InChI is InChI=1S/C28H30N4O3S2/c1-5-32-25(21-14-12-19(13-15-21)18(3)4)30-31-28(32)37-17-23(33)29-26-24(27(34)35-6-2)22(16-36-26)20-10-8-7-9-11-20/h7-16,18H,5-6,17H2,1-4H3,(H,29,33). The Morgan fingerprint density at radius 2 is 1.76 bits per heavy atom. The summed E-state index contributed by atoms with van der Waals surface area (Å²) >= 11 is 2.63. The zero-order valence-electron chi connectivity index (χ0n) is 21.4. The van der Waals surface area contributed by atoms with Crippen LogP contribution in [0.25, 0.3) is 22.5 Å². The zero-order valence-corrected chi connectivity index (χ0v) is 23.0. The molecule has 0 spiro atoms. The Morgan fingerprint density at radius 1 is 1.03 bits per heavy atom. The van der Waals surface area contributed by atoms with Crippen LogP contribution in [0.15, 0.2) is 65.1 Å². The topological polar surface area (TPSA) is 86.1 Å². The van der Waals surface area contributed by atoms with Crippen molar-refractivity contribution in [2.45, 2.75) is 45.3 Å². The van der Waals surface area contributed by atoms with Crippen molar-refractivity contribution in [1.82, 2.24) is 14.8 Å². The molecule has 4 rings (SSSR count). The quantitative estimate of drug-likeness (QED) is 0.179. The van der Waals surface area contributed by atoms with Crippen LogP contribution in [-0.4, -0.2) is 39.0 Å². The van der Waals surface area contributed by atoms with Crippen LogP contribution in [0.1, 0.15) is 49.5 Å². The first-order chi connectivity index (χ1) is 17.9. The van der Waals surface area contributed by atoms with Gasteiger partial charge in [0.05, 0.1) is 12.4 Å². The van der Waals surface area contributed by atoms with E-state index in [2.05, 4.69) is 53.6 Å². The van der Waals surface area contributed by atoms with Crippen molar-refractivity contribution < 1.29 is 14.3 Å². The summed E-state index contributed by atoms with van der Waals surface area (Å²) in [5.41, 5.74) is 4.26. The van der Waals surface area contributed by atoms with E-state index >= 15 is 0 Å². The Bertz CT molecular complexity index is 1360. The first-order valence-electron chi connectivity index (χ1n) is 12.2. The molecule has 7 nitrogen and oxygen atoms in total. The Kier molecular flexibility index (Phi) is 8.78. The maximum Gasteiger partial charge on any atom is 0.341 e.